The number of fused-ring (bicyclic) bond motifs is 1. The highest BCUT2D eigenvalue weighted by atomic mass is 32.1. The number of hydrogen-bond acceptors (Lipinski definition) is 2. The highest BCUT2D eigenvalue weighted by Gasteiger charge is 2.03. The zero-order valence-electron chi connectivity index (χ0n) is 11.7. The molecule has 0 bridgehead atoms. The molecule has 0 unspecified atom stereocenters. The maximum Gasteiger partial charge on any atom is 0.171 e. The van der Waals surface area contributed by atoms with Crippen molar-refractivity contribution in [3.8, 4) is 0 Å². The molecule has 0 saturated carbocycles. The molecule has 1 heterocycles. The zero-order chi connectivity index (χ0) is 14.7. The first-order chi connectivity index (χ1) is 10.2. The number of rotatable bonds is 3. The minimum atomic E-state index is 0.607. The Balaban J connectivity index is 1.63. The molecule has 21 heavy (non-hydrogen) atoms. The Morgan fingerprint density at radius 3 is 2.81 bits per heavy atom. The van der Waals surface area contributed by atoms with Gasteiger partial charge in [0.25, 0.3) is 0 Å². The molecule has 5 heteroatoms. The Morgan fingerprint density at radius 1 is 1.19 bits per heavy atom. The number of benzene rings is 2. The molecule has 3 rings (SSSR count). The average Bonchev–Trinajstić information content (AvgIpc) is 2.96. The Kier molecular flexibility index (Phi) is 3.83. The van der Waals surface area contributed by atoms with Crippen LogP contribution < -0.4 is 10.6 Å². The summed E-state index contributed by atoms with van der Waals surface area (Å²) in [5, 5.41) is 15.2. The molecule has 0 saturated heterocycles. The maximum atomic E-state index is 5.32. The average molecular weight is 296 g/mol. The smallest absolute Gasteiger partial charge is 0.171 e. The number of anilines is 1. The Hall–Kier alpha value is -2.40. The van der Waals surface area contributed by atoms with Crippen molar-refractivity contribution >= 4 is 33.9 Å². The number of nitrogens with one attached hydrogen (secondary N) is 3. The number of thiocarbonyl (C=S) groups is 1. The highest BCUT2D eigenvalue weighted by Crippen LogP contribution is 2.15. The molecule has 3 aromatic rings. The van der Waals surface area contributed by atoms with E-state index in [0.717, 1.165) is 22.2 Å². The predicted octanol–water partition coefficient (Wildman–Crippen LogP) is 3.36. The Bertz CT molecular complexity index is 761. The van der Waals surface area contributed by atoms with Crippen molar-refractivity contribution in [1.29, 1.82) is 0 Å². The van der Waals surface area contributed by atoms with Gasteiger partial charge >= 0.3 is 0 Å². The van der Waals surface area contributed by atoms with Crippen LogP contribution in [0.15, 0.2) is 48.7 Å². The second kappa shape index (κ2) is 5.93. The molecule has 0 atom stereocenters. The van der Waals surface area contributed by atoms with E-state index in [1.165, 1.54) is 5.56 Å². The van der Waals surface area contributed by atoms with Gasteiger partial charge in [-0.25, -0.2) is 0 Å². The number of aromatic nitrogens is 2. The summed E-state index contributed by atoms with van der Waals surface area (Å²) in [7, 11) is 0. The minimum absolute atomic E-state index is 0.607. The topological polar surface area (TPSA) is 52.7 Å². The second-order valence-corrected chi connectivity index (χ2v) is 5.33. The molecule has 4 nitrogen and oxygen atoms in total. The molecule has 3 N–H and O–H groups in total. The molecular formula is C16H16N4S. The summed E-state index contributed by atoms with van der Waals surface area (Å²) in [6.07, 6.45) is 1.82. The molecule has 0 aliphatic heterocycles. The van der Waals surface area contributed by atoms with Gasteiger partial charge in [-0.2, -0.15) is 5.10 Å². The lowest BCUT2D eigenvalue weighted by atomic mass is 10.1. The lowest BCUT2D eigenvalue weighted by Crippen LogP contribution is -2.27. The molecule has 0 amide bonds. The van der Waals surface area contributed by atoms with Gasteiger partial charge < -0.3 is 10.6 Å². The van der Waals surface area contributed by atoms with Crippen molar-refractivity contribution in [3.63, 3.8) is 0 Å². The lowest BCUT2D eigenvalue weighted by Gasteiger charge is -2.11. The number of H-pyrrole nitrogens is 1. The zero-order valence-corrected chi connectivity index (χ0v) is 12.5. The van der Waals surface area contributed by atoms with Crippen LogP contribution in [0.4, 0.5) is 5.69 Å². The minimum Gasteiger partial charge on any atom is -0.358 e. The van der Waals surface area contributed by atoms with E-state index in [0.29, 0.717) is 11.7 Å². The standard InChI is InChI=1S/C16H16N4S/c1-11-5-7-14(8-6-11)19-16(21)17-9-12-3-2-4-13-10-18-20-15(12)13/h2-8,10H,9H2,1H3,(H,18,20)(H2,17,19,21). The van der Waals surface area contributed by atoms with Crippen LogP contribution in [0.25, 0.3) is 10.9 Å². The van der Waals surface area contributed by atoms with E-state index in [1.54, 1.807) is 0 Å². The summed E-state index contributed by atoms with van der Waals surface area (Å²) in [6, 6.07) is 14.2. The van der Waals surface area contributed by atoms with Gasteiger partial charge in [0.05, 0.1) is 11.7 Å². The van der Waals surface area contributed by atoms with Gasteiger partial charge in [-0.3, -0.25) is 5.10 Å². The van der Waals surface area contributed by atoms with Crippen LogP contribution in [-0.2, 0) is 6.54 Å². The van der Waals surface area contributed by atoms with Gasteiger partial charge in [-0.15, -0.1) is 0 Å². The van der Waals surface area contributed by atoms with E-state index >= 15 is 0 Å². The predicted molar refractivity (Wildman–Crippen MR) is 90.3 cm³/mol. The van der Waals surface area contributed by atoms with Crippen LogP contribution in [0.3, 0.4) is 0 Å². The van der Waals surface area contributed by atoms with Gasteiger partial charge in [0.1, 0.15) is 0 Å². The first-order valence-corrected chi connectivity index (χ1v) is 7.16. The van der Waals surface area contributed by atoms with Crippen molar-refractivity contribution in [2.75, 3.05) is 5.32 Å². The van der Waals surface area contributed by atoms with E-state index in [9.17, 15) is 0 Å². The normalized spacial score (nSPS) is 10.5. The summed E-state index contributed by atoms with van der Waals surface area (Å²) in [6.45, 7) is 2.71. The van der Waals surface area contributed by atoms with Crippen LogP contribution in [0, 0.1) is 6.92 Å². The number of nitrogens with zero attached hydrogens (tertiary/aromatic N) is 1. The van der Waals surface area contributed by atoms with Crippen molar-refractivity contribution in [2.45, 2.75) is 13.5 Å². The lowest BCUT2D eigenvalue weighted by molar-refractivity contribution is 0.928. The summed E-state index contributed by atoms with van der Waals surface area (Å²) < 4.78 is 0. The van der Waals surface area contributed by atoms with Crippen molar-refractivity contribution < 1.29 is 0 Å². The molecule has 0 aliphatic carbocycles. The van der Waals surface area contributed by atoms with E-state index in [2.05, 4.69) is 46.0 Å². The molecular weight excluding hydrogens is 280 g/mol. The monoisotopic (exact) mass is 296 g/mol. The molecule has 0 spiro atoms. The van der Waals surface area contributed by atoms with E-state index in [-0.39, 0.29) is 0 Å². The van der Waals surface area contributed by atoms with Crippen molar-refractivity contribution in [3.05, 3.63) is 59.8 Å². The maximum absolute atomic E-state index is 5.32. The molecule has 0 aliphatic rings. The van der Waals surface area contributed by atoms with E-state index in [4.69, 9.17) is 12.2 Å². The first kappa shape index (κ1) is 13.6. The summed E-state index contributed by atoms with van der Waals surface area (Å²) in [5.74, 6) is 0. The Labute approximate surface area is 128 Å². The molecule has 0 radical (unpaired) electrons. The molecule has 0 fully saturated rings. The Morgan fingerprint density at radius 2 is 2.00 bits per heavy atom. The third kappa shape index (κ3) is 3.20. The van der Waals surface area contributed by atoms with Crippen LogP contribution >= 0.6 is 12.2 Å². The van der Waals surface area contributed by atoms with Crippen LogP contribution in [0.1, 0.15) is 11.1 Å². The quantitative estimate of drug-likeness (QED) is 0.649. The summed E-state index contributed by atoms with van der Waals surface area (Å²) in [5.41, 5.74) is 4.39. The van der Waals surface area contributed by atoms with Gasteiger partial charge in [0, 0.05) is 17.6 Å². The van der Waals surface area contributed by atoms with Crippen LogP contribution in [-0.4, -0.2) is 15.3 Å². The fraction of sp³-hybridized carbons (Fsp3) is 0.125. The first-order valence-electron chi connectivity index (χ1n) is 6.75. The van der Waals surface area contributed by atoms with E-state index in [1.807, 2.05) is 30.5 Å². The van der Waals surface area contributed by atoms with Gasteiger partial charge in [0.2, 0.25) is 0 Å². The highest BCUT2D eigenvalue weighted by molar-refractivity contribution is 7.80. The number of hydrogen-bond donors (Lipinski definition) is 3. The molecule has 2 aromatic carbocycles. The van der Waals surface area contributed by atoms with Gasteiger partial charge in [-0.1, -0.05) is 35.9 Å². The third-order valence-corrected chi connectivity index (χ3v) is 3.56. The largest absolute Gasteiger partial charge is 0.358 e. The van der Waals surface area contributed by atoms with Crippen molar-refractivity contribution in [1.82, 2.24) is 15.5 Å². The van der Waals surface area contributed by atoms with Crippen LogP contribution in [0.2, 0.25) is 0 Å². The number of para-hydroxylation sites is 1. The molecule has 106 valence electrons. The number of aryl methyl sites for hydroxylation is 1. The van der Waals surface area contributed by atoms with Gasteiger partial charge in [-0.05, 0) is 36.8 Å². The third-order valence-electron chi connectivity index (χ3n) is 3.31. The SMILES string of the molecule is Cc1ccc(NC(=S)NCc2cccc3cn[nH]c23)cc1. The fourth-order valence-corrected chi connectivity index (χ4v) is 2.36. The fourth-order valence-electron chi connectivity index (χ4n) is 2.17. The van der Waals surface area contributed by atoms with Crippen molar-refractivity contribution in [2.24, 2.45) is 0 Å². The summed E-state index contributed by atoms with van der Waals surface area (Å²) >= 11 is 5.32. The number of aromatic amines is 1. The van der Waals surface area contributed by atoms with Gasteiger partial charge in [0.15, 0.2) is 5.11 Å². The molecule has 1 aromatic heterocycles. The van der Waals surface area contributed by atoms with E-state index < -0.39 is 0 Å². The second-order valence-electron chi connectivity index (χ2n) is 4.93. The van der Waals surface area contributed by atoms with Crippen LogP contribution in [0.5, 0.6) is 0 Å². The summed E-state index contributed by atoms with van der Waals surface area (Å²) in [4.78, 5) is 0.